The Bertz CT molecular complexity index is 2970. The molecule has 1 aliphatic carbocycles. The minimum Gasteiger partial charge on any atom is -0.308 e. The van der Waals surface area contributed by atoms with Gasteiger partial charge in [-0.2, -0.15) is 0 Å². The highest BCUT2D eigenvalue weighted by atomic mass is 32.2. The van der Waals surface area contributed by atoms with Crippen LogP contribution in [0.5, 0.6) is 0 Å². The average molecular weight is 694 g/mol. The summed E-state index contributed by atoms with van der Waals surface area (Å²) in [4.78, 5) is 4.99. The zero-order chi connectivity index (χ0) is 35.3. The molecule has 53 heavy (non-hydrogen) atoms. The largest absolute Gasteiger partial charge is 0.308 e. The summed E-state index contributed by atoms with van der Waals surface area (Å²) in [7, 11) is 0. The number of benzene rings is 9. The number of nitrogens with zero attached hydrogens (tertiary/aromatic N) is 1. The second-order valence-electron chi connectivity index (χ2n) is 15.0. The van der Waals surface area contributed by atoms with Crippen molar-refractivity contribution in [3.05, 3.63) is 187 Å². The van der Waals surface area contributed by atoms with Gasteiger partial charge in [-0.1, -0.05) is 159 Å². The van der Waals surface area contributed by atoms with Crippen LogP contribution < -0.4 is 4.90 Å². The summed E-state index contributed by atoms with van der Waals surface area (Å²) in [5, 5.41) is 7.69. The number of hydrogen-bond donors (Lipinski definition) is 0. The summed E-state index contributed by atoms with van der Waals surface area (Å²) in [6, 6.07) is 65.4. The highest BCUT2D eigenvalue weighted by molar-refractivity contribution is 7.99. The van der Waals surface area contributed by atoms with Crippen LogP contribution in [0.4, 0.5) is 17.1 Å². The minimum atomic E-state index is -0.0661. The van der Waals surface area contributed by atoms with E-state index in [2.05, 4.69) is 195 Å². The molecule has 0 unspecified atom stereocenters. The van der Waals surface area contributed by atoms with Gasteiger partial charge < -0.3 is 4.90 Å². The first kappa shape index (κ1) is 30.5. The Hall–Kier alpha value is -6.09. The van der Waals surface area contributed by atoms with Crippen molar-refractivity contribution in [3.8, 4) is 33.4 Å². The van der Waals surface area contributed by atoms with E-state index in [9.17, 15) is 0 Å². The Labute approximate surface area is 314 Å². The molecule has 9 aromatic rings. The molecule has 2 aliphatic rings. The van der Waals surface area contributed by atoms with E-state index in [1.54, 1.807) is 0 Å². The number of fused-ring (bicyclic) bond motifs is 9. The van der Waals surface area contributed by atoms with Crippen LogP contribution in [0.25, 0.3) is 65.7 Å². The van der Waals surface area contributed by atoms with E-state index in [-0.39, 0.29) is 5.41 Å². The molecule has 2 heteroatoms. The minimum absolute atomic E-state index is 0.0661. The smallest absolute Gasteiger partial charge is 0.0608 e. The third kappa shape index (κ3) is 4.65. The van der Waals surface area contributed by atoms with Crippen LogP contribution in [-0.2, 0) is 5.41 Å². The van der Waals surface area contributed by atoms with E-state index in [4.69, 9.17) is 0 Å². The van der Waals surface area contributed by atoms with Crippen molar-refractivity contribution in [1.29, 1.82) is 0 Å². The third-order valence-electron chi connectivity index (χ3n) is 11.6. The molecule has 9 aromatic carbocycles. The van der Waals surface area contributed by atoms with Gasteiger partial charge >= 0.3 is 0 Å². The van der Waals surface area contributed by atoms with Crippen molar-refractivity contribution in [2.24, 2.45) is 0 Å². The van der Waals surface area contributed by atoms with E-state index < -0.39 is 0 Å². The highest BCUT2D eigenvalue weighted by Crippen LogP contribution is 2.55. The summed E-state index contributed by atoms with van der Waals surface area (Å²) >= 11 is 1.88. The zero-order valence-electron chi connectivity index (χ0n) is 29.6. The molecular formula is C51H35NS. The Balaban J connectivity index is 1.06. The quantitative estimate of drug-likeness (QED) is 0.181. The van der Waals surface area contributed by atoms with Gasteiger partial charge in [0.2, 0.25) is 0 Å². The Morgan fingerprint density at radius 1 is 0.415 bits per heavy atom. The molecule has 1 aliphatic heterocycles. The van der Waals surface area contributed by atoms with Crippen molar-refractivity contribution < 1.29 is 0 Å². The van der Waals surface area contributed by atoms with E-state index in [0.29, 0.717) is 0 Å². The van der Waals surface area contributed by atoms with Gasteiger partial charge in [-0.05, 0) is 119 Å². The fraction of sp³-hybridized carbons (Fsp3) is 0.0588. The van der Waals surface area contributed by atoms with Gasteiger partial charge in [-0.25, -0.2) is 0 Å². The molecule has 0 bridgehead atoms. The van der Waals surface area contributed by atoms with Crippen LogP contribution in [0.15, 0.2) is 186 Å². The normalized spacial score (nSPS) is 13.9. The summed E-state index contributed by atoms with van der Waals surface area (Å²) in [6.07, 6.45) is 0. The lowest BCUT2D eigenvalue weighted by Crippen LogP contribution is -2.15. The first-order valence-electron chi connectivity index (χ1n) is 18.4. The number of rotatable bonds is 3. The van der Waals surface area contributed by atoms with Crippen LogP contribution >= 0.6 is 11.8 Å². The molecule has 0 spiro atoms. The topological polar surface area (TPSA) is 3.24 Å². The molecule has 0 saturated carbocycles. The fourth-order valence-corrected chi connectivity index (χ4v) is 10.2. The van der Waals surface area contributed by atoms with Crippen LogP contribution in [0, 0.1) is 0 Å². The molecule has 0 saturated heterocycles. The number of hydrogen-bond acceptors (Lipinski definition) is 2. The van der Waals surface area contributed by atoms with Crippen LogP contribution in [0.2, 0.25) is 0 Å². The Kier molecular flexibility index (Phi) is 6.60. The molecule has 0 amide bonds. The van der Waals surface area contributed by atoms with E-state index in [1.165, 1.54) is 98.0 Å². The lowest BCUT2D eigenvalue weighted by Gasteiger charge is -2.34. The molecular weight excluding hydrogens is 659 g/mol. The van der Waals surface area contributed by atoms with Gasteiger partial charge in [0.05, 0.1) is 11.4 Å². The Morgan fingerprint density at radius 3 is 1.92 bits per heavy atom. The van der Waals surface area contributed by atoms with Crippen LogP contribution in [0.1, 0.15) is 25.0 Å². The molecule has 0 aromatic heterocycles. The molecule has 1 nitrogen and oxygen atoms in total. The lowest BCUT2D eigenvalue weighted by molar-refractivity contribution is 0.666. The Morgan fingerprint density at radius 2 is 1.08 bits per heavy atom. The first-order valence-corrected chi connectivity index (χ1v) is 19.2. The van der Waals surface area contributed by atoms with E-state index in [1.807, 2.05) is 11.8 Å². The average Bonchev–Trinajstić information content (AvgIpc) is 3.44. The van der Waals surface area contributed by atoms with Crippen molar-refractivity contribution in [2.45, 2.75) is 29.1 Å². The molecule has 11 rings (SSSR count). The van der Waals surface area contributed by atoms with E-state index in [0.717, 1.165) is 5.69 Å². The second-order valence-corrected chi connectivity index (χ2v) is 16.0. The van der Waals surface area contributed by atoms with Crippen molar-refractivity contribution in [3.63, 3.8) is 0 Å². The van der Waals surface area contributed by atoms with Crippen LogP contribution in [0.3, 0.4) is 0 Å². The van der Waals surface area contributed by atoms with Crippen molar-refractivity contribution >= 4 is 61.1 Å². The summed E-state index contributed by atoms with van der Waals surface area (Å²) in [6.45, 7) is 4.76. The van der Waals surface area contributed by atoms with Crippen molar-refractivity contribution in [1.82, 2.24) is 0 Å². The van der Waals surface area contributed by atoms with Gasteiger partial charge in [0.25, 0.3) is 0 Å². The predicted molar refractivity (Wildman–Crippen MR) is 226 cm³/mol. The summed E-state index contributed by atoms with van der Waals surface area (Å²) < 4.78 is 0. The molecule has 0 fully saturated rings. The standard InChI is InChI=1S/C51H35NS/c1-51(2)45-25-22-36(28-44(45)43-24-21-33-12-6-8-19-42(33)50(43)51)37-23-26-46-48(31-37)53-49-30-35-14-4-3-13-34(35)29-47(49)52(46)39-17-9-16-38(27-39)41-20-10-15-32-11-5-7-18-40(32)41/h3-31H,1-2H3. The summed E-state index contributed by atoms with van der Waals surface area (Å²) in [5.74, 6) is 0. The molecule has 250 valence electrons. The molecule has 0 N–H and O–H groups in total. The molecule has 0 radical (unpaired) electrons. The monoisotopic (exact) mass is 693 g/mol. The zero-order valence-corrected chi connectivity index (χ0v) is 30.4. The number of anilines is 3. The summed E-state index contributed by atoms with van der Waals surface area (Å²) in [5.41, 5.74) is 14.0. The third-order valence-corrected chi connectivity index (χ3v) is 12.7. The van der Waals surface area contributed by atoms with Gasteiger partial charge in [0.1, 0.15) is 0 Å². The van der Waals surface area contributed by atoms with Gasteiger partial charge in [0, 0.05) is 20.9 Å². The SMILES string of the molecule is CC1(C)c2ccc(-c3ccc4c(c3)Sc3cc5ccccc5cc3N4c3cccc(-c4cccc5ccccc45)c3)cc2-c2ccc3ccccc3c21. The van der Waals surface area contributed by atoms with Gasteiger partial charge in [0.15, 0.2) is 0 Å². The second kappa shape index (κ2) is 11.5. The van der Waals surface area contributed by atoms with Gasteiger partial charge in [-0.3, -0.25) is 0 Å². The maximum Gasteiger partial charge on any atom is 0.0608 e. The highest BCUT2D eigenvalue weighted by Gasteiger charge is 2.37. The lowest BCUT2D eigenvalue weighted by atomic mass is 9.80. The predicted octanol–water partition coefficient (Wildman–Crippen LogP) is 14.7. The molecule has 1 heterocycles. The molecule has 0 atom stereocenters. The maximum atomic E-state index is 2.47. The maximum absolute atomic E-state index is 2.47. The van der Waals surface area contributed by atoms with Crippen molar-refractivity contribution in [2.75, 3.05) is 4.90 Å². The van der Waals surface area contributed by atoms with Gasteiger partial charge in [-0.15, -0.1) is 0 Å². The fourth-order valence-electron chi connectivity index (χ4n) is 9.04. The first-order chi connectivity index (χ1) is 26.0. The van der Waals surface area contributed by atoms with Crippen LogP contribution in [-0.4, -0.2) is 0 Å². The van der Waals surface area contributed by atoms with E-state index >= 15 is 0 Å².